The summed E-state index contributed by atoms with van der Waals surface area (Å²) < 4.78 is 5.63. The van der Waals surface area contributed by atoms with E-state index in [4.69, 9.17) is 16.3 Å². The number of nitrogens with one attached hydrogen (secondary N) is 1. The summed E-state index contributed by atoms with van der Waals surface area (Å²) in [6, 6.07) is 17.3. The van der Waals surface area contributed by atoms with Crippen LogP contribution in [0.5, 0.6) is 5.75 Å². The molecule has 0 saturated heterocycles. The first-order chi connectivity index (χ1) is 10.8. The van der Waals surface area contributed by atoms with Crippen molar-refractivity contribution < 1.29 is 4.74 Å². The van der Waals surface area contributed by atoms with Crippen LogP contribution in [0.25, 0.3) is 11.4 Å². The third kappa shape index (κ3) is 4.02. The van der Waals surface area contributed by atoms with Gasteiger partial charge in [0, 0.05) is 16.3 Å². The highest BCUT2D eigenvalue weighted by Crippen LogP contribution is 2.19. The van der Waals surface area contributed by atoms with Gasteiger partial charge >= 0.3 is 0 Å². The van der Waals surface area contributed by atoms with Crippen molar-refractivity contribution in [2.75, 3.05) is 12.4 Å². The molecule has 0 fully saturated rings. The third-order valence-corrected chi connectivity index (χ3v) is 3.97. The molecule has 22 heavy (non-hydrogen) atoms. The van der Waals surface area contributed by atoms with Crippen molar-refractivity contribution in [3.63, 3.8) is 0 Å². The number of ether oxygens (including phenoxy) is 1. The van der Waals surface area contributed by atoms with Gasteiger partial charge < -0.3 is 4.74 Å². The predicted molar refractivity (Wildman–Crippen MR) is 89.5 cm³/mol. The van der Waals surface area contributed by atoms with E-state index in [0.29, 0.717) is 11.6 Å². The van der Waals surface area contributed by atoms with Gasteiger partial charge in [0.2, 0.25) is 5.16 Å². The van der Waals surface area contributed by atoms with Crippen LogP contribution in [0.4, 0.5) is 0 Å². The molecule has 0 bridgehead atoms. The lowest BCUT2D eigenvalue weighted by Crippen LogP contribution is -2.00. The van der Waals surface area contributed by atoms with Crippen LogP contribution < -0.4 is 4.74 Å². The number of thioether (sulfide) groups is 1. The molecule has 3 aromatic rings. The molecule has 0 aliphatic carbocycles. The van der Waals surface area contributed by atoms with E-state index in [9.17, 15) is 0 Å². The number of halogens is 1. The molecular weight excluding hydrogens is 318 g/mol. The average Bonchev–Trinajstić information content (AvgIpc) is 3.03. The minimum Gasteiger partial charge on any atom is -0.493 e. The highest BCUT2D eigenvalue weighted by Gasteiger charge is 2.05. The first kappa shape index (κ1) is 14.9. The Morgan fingerprint density at radius 2 is 1.82 bits per heavy atom. The van der Waals surface area contributed by atoms with Crippen LogP contribution in [0.2, 0.25) is 5.02 Å². The van der Waals surface area contributed by atoms with Crippen LogP contribution in [0.1, 0.15) is 0 Å². The molecule has 0 spiro atoms. The Kier molecular flexibility index (Phi) is 4.98. The van der Waals surface area contributed by atoms with Gasteiger partial charge in [0.1, 0.15) is 5.75 Å². The minimum atomic E-state index is 0.585. The van der Waals surface area contributed by atoms with Crippen molar-refractivity contribution in [3.05, 3.63) is 59.6 Å². The summed E-state index contributed by atoms with van der Waals surface area (Å²) in [5.41, 5.74) is 1.03. The number of H-pyrrole nitrogens is 1. The van der Waals surface area contributed by atoms with Gasteiger partial charge in [-0.2, -0.15) is 0 Å². The summed E-state index contributed by atoms with van der Waals surface area (Å²) in [4.78, 5) is 4.46. The fourth-order valence-corrected chi connectivity index (χ4v) is 2.60. The van der Waals surface area contributed by atoms with Gasteiger partial charge in [-0.05, 0) is 24.3 Å². The molecule has 112 valence electrons. The van der Waals surface area contributed by atoms with Crippen LogP contribution in [0, 0.1) is 0 Å². The Morgan fingerprint density at radius 3 is 2.59 bits per heavy atom. The monoisotopic (exact) mass is 331 g/mol. The van der Waals surface area contributed by atoms with E-state index in [-0.39, 0.29) is 0 Å². The second-order valence-corrected chi connectivity index (χ2v) is 5.98. The van der Waals surface area contributed by atoms with Crippen molar-refractivity contribution in [2.24, 2.45) is 0 Å². The number of hydrogen-bond acceptors (Lipinski definition) is 4. The van der Waals surface area contributed by atoms with E-state index in [1.54, 1.807) is 11.8 Å². The molecule has 0 aliphatic heterocycles. The molecule has 0 aliphatic rings. The smallest absolute Gasteiger partial charge is 0.208 e. The summed E-state index contributed by atoms with van der Waals surface area (Å²) in [6.07, 6.45) is 0. The van der Waals surface area contributed by atoms with Crippen molar-refractivity contribution in [2.45, 2.75) is 5.16 Å². The maximum Gasteiger partial charge on any atom is 0.208 e. The van der Waals surface area contributed by atoms with E-state index < -0.39 is 0 Å². The second-order valence-electron chi connectivity index (χ2n) is 4.48. The third-order valence-electron chi connectivity index (χ3n) is 2.91. The van der Waals surface area contributed by atoms with Gasteiger partial charge in [0.05, 0.1) is 6.61 Å². The molecule has 1 aromatic heterocycles. The van der Waals surface area contributed by atoms with Gasteiger partial charge in [-0.3, -0.25) is 5.10 Å². The van der Waals surface area contributed by atoms with Gasteiger partial charge in [0.25, 0.3) is 0 Å². The van der Waals surface area contributed by atoms with Gasteiger partial charge in [-0.15, -0.1) is 5.10 Å². The molecule has 3 rings (SSSR count). The predicted octanol–water partition coefficient (Wildman–Crippen LogP) is 4.30. The van der Waals surface area contributed by atoms with E-state index in [1.165, 1.54) is 0 Å². The largest absolute Gasteiger partial charge is 0.493 e. The Bertz CT molecular complexity index is 716. The lowest BCUT2D eigenvalue weighted by atomic mass is 10.2. The number of rotatable bonds is 6. The molecule has 6 heteroatoms. The van der Waals surface area contributed by atoms with Crippen LogP contribution >= 0.6 is 23.4 Å². The summed E-state index contributed by atoms with van der Waals surface area (Å²) in [6.45, 7) is 0.585. The van der Waals surface area contributed by atoms with E-state index in [2.05, 4.69) is 15.2 Å². The molecule has 0 radical (unpaired) electrons. The molecule has 0 amide bonds. The highest BCUT2D eigenvalue weighted by atomic mass is 35.5. The van der Waals surface area contributed by atoms with Crippen molar-refractivity contribution in [3.8, 4) is 17.1 Å². The molecule has 1 heterocycles. The fourth-order valence-electron chi connectivity index (χ4n) is 1.86. The zero-order valence-corrected chi connectivity index (χ0v) is 13.3. The summed E-state index contributed by atoms with van der Waals surface area (Å²) in [5.74, 6) is 2.36. The number of aromatic nitrogens is 3. The topological polar surface area (TPSA) is 50.8 Å². The van der Waals surface area contributed by atoms with Gasteiger partial charge in [-0.1, -0.05) is 53.7 Å². The Morgan fingerprint density at radius 1 is 1.05 bits per heavy atom. The average molecular weight is 332 g/mol. The summed E-state index contributed by atoms with van der Waals surface area (Å²) in [7, 11) is 0. The Hall–Kier alpha value is -1.98. The van der Waals surface area contributed by atoms with E-state index in [0.717, 1.165) is 28.0 Å². The van der Waals surface area contributed by atoms with Crippen LogP contribution in [-0.4, -0.2) is 27.5 Å². The number of nitrogens with zero attached hydrogens (tertiary/aromatic N) is 2. The molecule has 2 aromatic carbocycles. The standard InChI is InChI=1S/C16H14ClN3OS/c17-13-6-8-14(9-7-13)21-10-11-22-16-18-15(19-20-16)12-4-2-1-3-5-12/h1-9H,10-11H2,(H,18,19,20). The number of hydrogen-bond donors (Lipinski definition) is 1. The molecule has 0 atom stereocenters. The maximum atomic E-state index is 5.83. The van der Waals surface area contributed by atoms with Crippen LogP contribution in [0.3, 0.4) is 0 Å². The van der Waals surface area contributed by atoms with Crippen molar-refractivity contribution in [1.82, 2.24) is 15.2 Å². The first-order valence-electron chi connectivity index (χ1n) is 6.80. The molecule has 0 saturated carbocycles. The lowest BCUT2D eigenvalue weighted by molar-refractivity contribution is 0.344. The summed E-state index contributed by atoms with van der Waals surface area (Å²) in [5, 5.41) is 8.58. The van der Waals surface area contributed by atoms with E-state index >= 15 is 0 Å². The van der Waals surface area contributed by atoms with E-state index in [1.807, 2.05) is 54.6 Å². The van der Waals surface area contributed by atoms with Gasteiger partial charge in [-0.25, -0.2) is 4.98 Å². The molecule has 1 N–H and O–H groups in total. The molecular formula is C16H14ClN3OS. The molecule has 0 unspecified atom stereocenters. The normalized spacial score (nSPS) is 10.6. The lowest BCUT2D eigenvalue weighted by Gasteiger charge is -2.04. The van der Waals surface area contributed by atoms with Crippen LogP contribution in [-0.2, 0) is 0 Å². The minimum absolute atomic E-state index is 0.585. The summed E-state index contributed by atoms with van der Waals surface area (Å²) >= 11 is 7.38. The quantitative estimate of drug-likeness (QED) is 0.540. The zero-order valence-electron chi connectivity index (χ0n) is 11.7. The second kappa shape index (κ2) is 7.33. The SMILES string of the molecule is Clc1ccc(OCCSc2n[nH]c(-c3ccccc3)n2)cc1. The Balaban J connectivity index is 1.48. The number of aromatic amines is 1. The zero-order chi connectivity index (χ0) is 15.2. The van der Waals surface area contributed by atoms with Crippen LogP contribution in [0.15, 0.2) is 59.8 Å². The van der Waals surface area contributed by atoms with Gasteiger partial charge in [0.15, 0.2) is 5.82 Å². The highest BCUT2D eigenvalue weighted by molar-refractivity contribution is 7.99. The number of benzene rings is 2. The van der Waals surface area contributed by atoms with Crippen molar-refractivity contribution in [1.29, 1.82) is 0 Å². The maximum absolute atomic E-state index is 5.83. The fraction of sp³-hybridized carbons (Fsp3) is 0.125. The first-order valence-corrected chi connectivity index (χ1v) is 8.16. The van der Waals surface area contributed by atoms with Crippen molar-refractivity contribution >= 4 is 23.4 Å². The molecule has 4 nitrogen and oxygen atoms in total. The Labute approximate surface area is 137 Å².